The normalized spacial score (nSPS) is 27.3. The van der Waals surface area contributed by atoms with Crippen LogP contribution < -0.4 is 0 Å². The van der Waals surface area contributed by atoms with E-state index in [1.165, 1.54) is 24.3 Å². The fourth-order valence-corrected chi connectivity index (χ4v) is 1.12. The average molecular weight is 194 g/mol. The molecule has 2 rings (SSSR count). The Morgan fingerprint density at radius 2 is 2.21 bits per heavy atom. The van der Waals surface area contributed by atoms with Crippen molar-refractivity contribution in [2.24, 2.45) is 5.16 Å². The van der Waals surface area contributed by atoms with Gasteiger partial charge in [0, 0.05) is 19.9 Å². The van der Waals surface area contributed by atoms with Gasteiger partial charge in [-0.3, -0.25) is 10.1 Å². The van der Waals surface area contributed by atoms with E-state index in [0.29, 0.717) is 11.3 Å². The quantitative estimate of drug-likeness (QED) is 0.531. The van der Waals surface area contributed by atoms with E-state index in [4.69, 9.17) is 2.74 Å². The van der Waals surface area contributed by atoms with Crippen molar-refractivity contribution in [1.82, 2.24) is 0 Å². The Balaban J connectivity index is 2.26. The lowest BCUT2D eigenvalue weighted by molar-refractivity contribution is -0.384. The van der Waals surface area contributed by atoms with Crippen molar-refractivity contribution in [3.05, 3.63) is 39.9 Å². The van der Waals surface area contributed by atoms with Crippen molar-refractivity contribution >= 4 is 11.4 Å². The summed E-state index contributed by atoms with van der Waals surface area (Å²) in [4.78, 5) is 14.6. The van der Waals surface area contributed by atoms with E-state index in [1.54, 1.807) is 0 Å². The Morgan fingerprint density at radius 3 is 2.71 bits per heavy atom. The van der Waals surface area contributed by atoms with Crippen LogP contribution in [0.25, 0.3) is 0 Å². The second kappa shape index (κ2) is 3.45. The summed E-state index contributed by atoms with van der Waals surface area (Å²) in [5.41, 5.74) is 0.877. The first-order chi connectivity index (χ1) is 7.59. The van der Waals surface area contributed by atoms with Gasteiger partial charge in [-0.05, 0) is 17.7 Å². The Bertz CT molecular complexity index is 447. The Kier molecular flexibility index (Phi) is 1.61. The van der Waals surface area contributed by atoms with Crippen LogP contribution in [0.1, 0.15) is 14.7 Å². The van der Waals surface area contributed by atoms with Gasteiger partial charge in [-0.1, -0.05) is 5.16 Å². The first-order valence-corrected chi connectivity index (χ1v) is 3.92. The third-order valence-corrected chi connectivity index (χ3v) is 1.81. The predicted molar refractivity (Wildman–Crippen MR) is 50.2 cm³/mol. The largest absolute Gasteiger partial charge is 0.395 e. The van der Waals surface area contributed by atoms with Gasteiger partial charge < -0.3 is 4.84 Å². The van der Waals surface area contributed by atoms with E-state index in [-0.39, 0.29) is 5.69 Å². The maximum absolute atomic E-state index is 10.4. The van der Waals surface area contributed by atoms with Crippen LogP contribution >= 0.6 is 0 Å². The summed E-state index contributed by atoms with van der Waals surface area (Å²) >= 11 is 0. The first-order valence-electron chi connectivity index (χ1n) is 5.08. The molecule has 5 nitrogen and oxygen atoms in total. The summed E-state index contributed by atoms with van der Waals surface area (Å²) in [6.45, 7) is -1.02. The molecule has 0 aromatic heterocycles. The minimum Gasteiger partial charge on any atom is -0.395 e. The van der Waals surface area contributed by atoms with E-state index in [0.717, 1.165) is 0 Å². The topological polar surface area (TPSA) is 64.7 Å². The van der Waals surface area contributed by atoms with Gasteiger partial charge in [0.1, 0.15) is 6.58 Å². The van der Waals surface area contributed by atoms with Gasteiger partial charge in [-0.25, -0.2) is 0 Å². The number of rotatable bonds is 2. The van der Waals surface area contributed by atoms with Crippen LogP contribution in [-0.4, -0.2) is 17.2 Å². The number of benzene rings is 1. The highest BCUT2D eigenvalue weighted by atomic mass is 16.6. The molecule has 0 bridgehead atoms. The van der Waals surface area contributed by atoms with E-state index in [1.807, 2.05) is 0 Å². The smallest absolute Gasteiger partial charge is 0.269 e. The molecule has 0 amide bonds. The van der Waals surface area contributed by atoms with Crippen LogP contribution in [0.4, 0.5) is 5.69 Å². The number of hydrogen-bond donors (Lipinski definition) is 0. The third-order valence-electron chi connectivity index (χ3n) is 1.81. The maximum atomic E-state index is 10.4. The molecule has 0 saturated carbocycles. The van der Waals surface area contributed by atoms with Crippen LogP contribution in [0, 0.1) is 10.1 Å². The molecule has 1 aromatic carbocycles. The highest BCUT2D eigenvalue weighted by Crippen LogP contribution is 2.15. The van der Waals surface area contributed by atoms with Crippen molar-refractivity contribution < 1.29 is 12.5 Å². The molecule has 1 heterocycles. The van der Waals surface area contributed by atoms with Gasteiger partial charge in [0.15, 0.2) is 0 Å². The molecule has 5 heteroatoms. The third kappa shape index (κ3) is 1.56. The molecular weight excluding hydrogens is 184 g/mol. The summed E-state index contributed by atoms with van der Waals surface area (Å²) in [6.07, 6.45) is -0.874. The van der Waals surface area contributed by atoms with E-state index < -0.39 is 17.9 Å². The standard InChI is InChI=1S/C9H8N2O3/c12-11(13)8-3-1-7(2-4-8)9-5-6-14-10-9/h1-4H,5-6H2/i5D,6D/t5-,6-/m1/s1. The zero-order valence-electron chi connectivity index (χ0n) is 9.08. The molecular formula is C9H8N2O3. The Morgan fingerprint density at radius 1 is 1.50 bits per heavy atom. The molecule has 1 aliphatic rings. The van der Waals surface area contributed by atoms with Crippen LogP contribution in [0.3, 0.4) is 0 Å². The van der Waals surface area contributed by atoms with Crippen LogP contribution in [0.15, 0.2) is 29.4 Å². The molecule has 14 heavy (non-hydrogen) atoms. The fourth-order valence-electron chi connectivity index (χ4n) is 1.12. The van der Waals surface area contributed by atoms with Gasteiger partial charge in [-0.2, -0.15) is 0 Å². The van der Waals surface area contributed by atoms with Crippen molar-refractivity contribution in [3.63, 3.8) is 0 Å². The lowest BCUT2D eigenvalue weighted by atomic mass is 10.1. The second-order valence-electron chi connectivity index (χ2n) is 2.69. The van der Waals surface area contributed by atoms with Gasteiger partial charge >= 0.3 is 0 Å². The minimum absolute atomic E-state index is 0.0211. The molecule has 0 N–H and O–H groups in total. The van der Waals surface area contributed by atoms with Crippen LogP contribution in [0.5, 0.6) is 0 Å². The van der Waals surface area contributed by atoms with Gasteiger partial charge in [0.05, 0.1) is 12.0 Å². The number of nitro groups is 1. The average Bonchev–Trinajstić information content (AvgIpc) is 2.60. The maximum Gasteiger partial charge on any atom is 0.269 e. The molecule has 0 spiro atoms. The molecule has 0 radical (unpaired) electrons. The van der Waals surface area contributed by atoms with Crippen molar-refractivity contribution in [1.29, 1.82) is 0 Å². The first kappa shape index (κ1) is 6.53. The van der Waals surface area contributed by atoms with Crippen LogP contribution in [-0.2, 0) is 4.84 Å². The summed E-state index contributed by atoms with van der Waals surface area (Å²) in [7, 11) is 0. The SMILES string of the molecule is [2H][C@H]1ON=C(c2ccc([N+](=O)[O-])cc2)[C@@H]1[2H]. The Labute approximate surface area is 82.9 Å². The Hall–Kier alpha value is -1.91. The number of nitro benzene ring substituents is 1. The second-order valence-corrected chi connectivity index (χ2v) is 2.69. The number of non-ortho nitro benzene ring substituents is 1. The predicted octanol–water partition coefficient (Wildman–Crippen LogP) is 1.72. The van der Waals surface area contributed by atoms with Crippen molar-refractivity contribution in [2.45, 2.75) is 6.40 Å². The zero-order valence-corrected chi connectivity index (χ0v) is 7.08. The monoisotopic (exact) mass is 194 g/mol. The highest BCUT2D eigenvalue weighted by Gasteiger charge is 2.12. The van der Waals surface area contributed by atoms with E-state index >= 15 is 0 Å². The lowest BCUT2D eigenvalue weighted by Gasteiger charge is -1.96. The van der Waals surface area contributed by atoms with Gasteiger partial charge in [-0.15, -0.1) is 0 Å². The molecule has 1 aromatic rings. The summed E-state index contributed by atoms with van der Waals surface area (Å²) in [6, 6.07) is 5.67. The van der Waals surface area contributed by atoms with Gasteiger partial charge in [0.2, 0.25) is 0 Å². The summed E-state index contributed by atoms with van der Waals surface area (Å²) < 4.78 is 14.9. The zero-order chi connectivity index (χ0) is 11.7. The fraction of sp³-hybridized carbons (Fsp3) is 0.222. The van der Waals surface area contributed by atoms with Crippen molar-refractivity contribution in [3.8, 4) is 0 Å². The lowest BCUT2D eigenvalue weighted by Crippen LogP contribution is -1.97. The molecule has 72 valence electrons. The summed E-state index contributed by atoms with van der Waals surface area (Å²) in [5.74, 6) is 0. The molecule has 1 aliphatic heterocycles. The number of oxime groups is 1. The molecule has 0 aliphatic carbocycles. The minimum atomic E-state index is -1.02. The van der Waals surface area contributed by atoms with E-state index in [2.05, 4.69) is 9.99 Å². The number of nitrogens with zero attached hydrogens (tertiary/aromatic N) is 2. The summed E-state index contributed by atoms with van der Waals surface area (Å²) in [5, 5.41) is 14.0. The highest BCUT2D eigenvalue weighted by molar-refractivity contribution is 6.01. The molecule has 0 fully saturated rings. The number of hydrogen-bond acceptors (Lipinski definition) is 4. The molecule has 0 unspecified atom stereocenters. The van der Waals surface area contributed by atoms with Gasteiger partial charge in [0.25, 0.3) is 5.69 Å². The molecule has 0 saturated heterocycles. The van der Waals surface area contributed by atoms with Crippen molar-refractivity contribution in [2.75, 3.05) is 6.58 Å². The molecule has 2 atom stereocenters. The van der Waals surface area contributed by atoms with E-state index in [9.17, 15) is 10.1 Å². The van der Waals surface area contributed by atoms with Crippen LogP contribution in [0.2, 0.25) is 0 Å².